The maximum atomic E-state index is 14.3. The summed E-state index contributed by atoms with van der Waals surface area (Å²) >= 11 is 0. The van der Waals surface area contributed by atoms with Crippen molar-refractivity contribution in [3.8, 4) is 0 Å². The van der Waals surface area contributed by atoms with E-state index in [0.29, 0.717) is 11.3 Å². The van der Waals surface area contributed by atoms with E-state index in [1.807, 2.05) is 0 Å². The van der Waals surface area contributed by atoms with Crippen LogP contribution in [-0.2, 0) is 4.79 Å². The predicted octanol–water partition coefficient (Wildman–Crippen LogP) is 2.11. The number of carbonyl (C=O) groups is 1. The number of benzene rings is 1. The molecular weight excluding hydrogens is 259 g/mol. The number of carbonyl (C=O) groups excluding carboxylic acids is 1. The van der Waals surface area contributed by atoms with Gasteiger partial charge in [-0.2, -0.15) is 0 Å². The van der Waals surface area contributed by atoms with Gasteiger partial charge in [0, 0.05) is 11.6 Å². The van der Waals surface area contributed by atoms with Crippen LogP contribution in [0.5, 0.6) is 0 Å². The fourth-order valence-electron chi connectivity index (χ4n) is 2.95. The molecule has 0 unspecified atom stereocenters. The van der Waals surface area contributed by atoms with Crippen molar-refractivity contribution in [1.82, 2.24) is 0 Å². The number of nitrogens with zero attached hydrogens (tertiary/aromatic N) is 1. The molecule has 20 heavy (non-hydrogen) atoms. The van der Waals surface area contributed by atoms with Gasteiger partial charge in [0.1, 0.15) is 5.82 Å². The van der Waals surface area contributed by atoms with E-state index in [-0.39, 0.29) is 12.6 Å². The number of nitrogens with two attached hydrogens (primary N) is 1. The Bertz CT molecular complexity index is 485. The van der Waals surface area contributed by atoms with E-state index in [2.05, 4.69) is 0 Å². The Morgan fingerprint density at radius 2 is 2.15 bits per heavy atom. The van der Waals surface area contributed by atoms with Crippen LogP contribution in [0, 0.1) is 5.82 Å². The lowest BCUT2D eigenvalue weighted by Gasteiger charge is -2.32. The minimum absolute atomic E-state index is 0.0225. The molecule has 0 aromatic heterocycles. The number of para-hydroxylation sites is 1. The van der Waals surface area contributed by atoms with Crippen LogP contribution in [0.2, 0.25) is 0 Å². The molecule has 1 saturated carbocycles. The van der Waals surface area contributed by atoms with E-state index in [9.17, 15) is 14.3 Å². The quantitative estimate of drug-likeness (QED) is 0.868. The first-order valence-corrected chi connectivity index (χ1v) is 7.02. The van der Waals surface area contributed by atoms with Crippen molar-refractivity contribution >= 4 is 11.6 Å². The molecule has 3 N–H and O–H groups in total. The van der Waals surface area contributed by atoms with Gasteiger partial charge in [-0.25, -0.2) is 4.39 Å². The molecule has 110 valence electrons. The van der Waals surface area contributed by atoms with Gasteiger partial charge in [0.15, 0.2) is 0 Å². The average molecular weight is 280 g/mol. The van der Waals surface area contributed by atoms with Crippen LogP contribution >= 0.6 is 0 Å². The number of rotatable bonds is 5. The fourth-order valence-corrected chi connectivity index (χ4v) is 2.95. The van der Waals surface area contributed by atoms with Crippen LogP contribution in [0.25, 0.3) is 0 Å². The van der Waals surface area contributed by atoms with Crippen LogP contribution < -0.4 is 10.6 Å². The van der Waals surface area contributed by atoms with E-state index in [0.717, 1.165) is 25.7 Å². The Morgan fingerprint density at radius 3 is 2.70 bits per heavy atom. The zero-order valence-electron chi connectivity index (χ0n) is 11.7. The summed E-state index contributed by atoms with van der Waals surface area (Å²) in [7, 11) is 0. The van der Waals surface area contributed by atoms with Gasteiger partial charge in [-0.1, -0.05) is 25.0 Å². The number of halogens is 1. The highest BCUT2D eigenvalue weighted by atomic mass is 19.1. The third kappa shape index (κ3) is 3.10. The molecule has 0 bridgehead atoms. The van der Waals surface area contributed by atoms with Crippen molar-refractivity contribution in [3.05, 3.63) is 29.6 Å². The molecule has 0 spiro atoms. The predicted molar refractivity (Wildman–Crippen MR) is 75.8 cm³/mol. The molecular formula is C15H21FN2O2. The second kappa shape index (κ2) is 6.22. The Hall–Kier alpha value is -1.62. The second-order valence-electron chi connectivity index (χ2n) is 5.39. The van der Waals surface area contributed by atoms with E-state index in [4.69, 9.17) is 5.73 Å². The molecule has 1 fully saturated rings. The normalized spacial score (nSPS) is 17.1. The third-order valence-corrected chi connectivity index (χ3v) is 3.85. The van der Waals surface area contributed by atoms with Gasteiger partial charge in [0.2, 0.25) is 5.91 Å². The lowest BCUT2D eigenvalue weighted by atomic mass is 10.0. The molecule has 5 heteroatoms. The SMILES string of the molecule is C[C@H](O)c1cccc(F)c1N(CC(N)=O)C1CCCC1. The van der Waals surface area contributed by atoms with Gasteiger partial charge in [-0.15, -0.1) is 0 Å². The summed E-state index contributed by atoms with van der Waals surface area (Å²) in [5.41, 5.74) is 6.12. The maximum Gasteiger partial charge on any atom is 0.236 e. The van der Waals surface area contributed by atoms with Gasteiger partial charge in [0.05, 0.1) is 18.3 Å². The molecule has 0 heterocycles. The number of hydrogen-bond donors (Lipinski definition) is 2. The first-order chi connectivity index (χ1) is 9.50. The number of aliphatic hydroxyl groups is 1. The monoisotopic (exact) mass is 280 g/mol. The van der Waals surface area contributed by atoms with Gasteiger partial charge in [-0.05, 0) is 25.8 Å². The molecule has 2 rings (SSSR count). The van der Waals surface area contributed by atoms with Crippen molar-refractivity contribution in [2.24, 2.45) is 5.73 Å². The summed E-state index contributed by atoms with van der Waals surface area (Å²) in [6.07, 6.45) is 3.18. The molecule has 0 saturated heterocycles. The summed E-state index contributed by atoms with van der Waals surface area (Å²) in [5, 5.41) is 9.85. The summed E-state index contributed by atoms with van der Waals surface area (Å²) in [6, 6.07) is 4.71. The summed E-state index contributed by atoms with van der Waals surface area (Å²) in [6.45, 7) is 1.57. The highest BCUT2D eigenvalue weighted by Gasteiger charge is 2.28. The first kappa shape index (κ1) is 14.8. The first-order valence-electron chi connectivity index (χ1n) is 7.02. The molecule has 1 aliphatic rings. The van der Waals surface area contributed by atoms with Gasteiger partial charge in [0.25, 0.3) is 0 Å². The van der Waals surface area contributed by atoms with E-state index < -0.39 is 17.8 Å². The van der Waals surface area contributed by atoms with Crippen molar-refractivity contribution in [2.45, 2.75) is 44.8 Å². The average Bonchev–Trinajstić information content (AvgIpc) is 2.89. The minimum Gasteiger partial charge on any atom is -0.389 e. The Kier molecular flexibility index (Phi) is 4.60. The van der Waals surface area contributed by atoms with Crippen molar-refractivity contribution < 1.29 is 14.3 Å². The molecule has 1 atom stereocenters. The molecule has 1 aliphatic carbocycles. The molecule has 1 aromatic carbocycles. The number of anilines is 1. The molecule has 1 aromatic rings. The van der Waals surface area contributed by atoms with Gasteiger partial charge >= 0.3 is 0 Å². The Morgan fingerprint density at radius 1 is 1.50 bits per heavy atom. The topological polar surface area (TPSA) is 66.6 Å². The van der Waals surface area contributed by atoms with Crippen LogP contribution in [0.15, 0.2) is 18.2 Å². The number of amides is 1. The summed E-state index contributed by atoms with van der Waals surface area (Å²) in [5.74, 6) is -0.909. The van der Waals surface area contributed by atoms with Gasteiger partial charge < -0.3 is 15.7 Å². The number of hydrogen-bond acceptors (Lipinski definition) is 3. The van der Waals surface area contributed by atoms with E-state index in [1.54, 1.807) is 24.0 Å². The van der Waals surface area contributed by atoms with Crippen LogP contribution in [0.1, 0.15) is 44.3 Å². The number of aliphatic hydroxyl groups excluding tert-OH is 1. The lowest BCUT2D eigenvalue weighted by molar-refractivity contribution is -0.116. The zero-order chi connectivity index (χ0) is 14.7. The standard InChI is InChI=1S/C15H21FN2O2/c1-10(19)12-7-4-8-13(16)15(12)18(9-14(17)20)11-5-2-3-6-11/h4,7-8,10-11,19H,2-3,5-6,9H2,1H3,(H2,17,20)/t10-/m0/s1. The van der Waals surface area contributed by atoms with Gasteiger partial charge in [-0.3, -0.25) is 4.79 Å². The van der Waals surface area contributed by atoms with Crippen LogP contribution in [0.4, 0.5) is 10.1 Å². The summed E-state index contributed by atoms with van der Waals surface area (Å²) in [4.78, 5) is 13.1. The maximum absolute atomic E-state index is 14.3. The number of primary amides is 1. The Labute approximate surface area is 118 Å². The lowest BCUT2D eigenvalue weighted by Crippen LogP contribution is -2.41. The molecule has 0 aliphatic heterocycles. The van der Waals surface area contributed by atoms with Crippen molar-refractivity contribution in [3.63, 3.8) is 0 Å². The van der Waals surface area contributed by atoms with Crippen molar-refractivity contribution in [2.75, 3.05) is 11.4 Å². The summed E-state index contributed by atoms with van der Waals surface area (Å²) < 4.78 is 14.3. The van der Waals surface area contributed by atoms with E-state index >= 15 is 0 Å². The molecule has 1 amide bonds. The smallest absolute Gasteiger partial charge is 0.236 e. The van der Waals surface area contributed by atoms with Crippen LogP contribution in [0.3, 0.4) is 0 Å². The fraction of sp³-hybridized carbons (Fsp3) is 0.533. The minimum atomic E-state index is -0.794. The van der Waals surface area contributed by atoms with Crippen molar-refractivity contribution in [1.29, 1.82) is 0 Å². The van der Waals surface area contributed by atoms with E-state index in [1.165, 1.54) is 6.07 Å². The van der Waals surface area contributed by atoms with Crippen LogP contribution in [-0.4, -0.2) is 23.6 Å². The second-order valence-corrected chi connectivity index (χ2v) is 5.39. The zero-order valence-corrected chi connectivity index (χ0v) is 11.7. The molecule has 4 nitrogen and oxygen atoms in total. The Balaban J connectivity index is 2.44. The molecule has 0 radical (unpaired) electrons. The highest BCUT2D eigenvalue weighted by molar-refractivity contribution is 5.80. The highest BCUT2D eigenvalue weighted by Crippen LogP contribution is 2.34. The largest absolute Gasteiger partial charge is 0.389 e. The third-order valence-electron chi connectivity index (χ3n) is 3.85.